The van der Waals surface area contributed by atoms with E-state index in [4.69, 9.17) is 10.2 Å². The van der Waals surface area contributed by atoms with Gasteiger partial charge in [0.05, 0.1) is 5.76 Å². The molecule has 0 unspecified atom stereocenters. The van der Waals surface area contributed by atoms with Crippen molar-refractivity contribution in [3.8, 4) is 0 Å². The molecule has 0 aliphatic rings. The van der Waals surface area contributed by atoms with Gasteiger partial charge in [0.1, 0.15) is 6.42 Å². The highest BCUT2D eigenvalue weighted by molar-refractivity contribution is 5.69. The number of rotatable bonds is 2. The molecule has 0 saturated carbocycles. The molecular formula is C5H8O3. The van der Waals surface area contributed by atoms with E-state index in [1.807, 2.05) is 0 Å². The lowest BCUT2D eigenvalue weighted by Gasteiger charge is -1.89. The normalized spacial score (nSPS) is 11.4. The molecule has 46 valence electrons. The lowest BCUT2D eigenvalue weighted by Crippen LogP contribution is -1.95. The molecule has 0 saturated heterocycles. The summed E-state index contributed by atoms with van der Waals surface area (Å²) in [5, 5.41) is 16.5. The number of allylic oxidation sites excluding steroid dienone is 1. The molecule has 3 nitrogen and oxygen atoms in total. The standard InChI is InChI=1S/C5H8O3/c1-2-4(6)3-5(7)8/h2,6H,3H2,1H3,(H,7,8). The second kappa shape index (κ2) is 3.07. The Bertz CT molecular complexity index is 115. The van der Waals surface area contributed by atoms with Crippen LogP contribution >= 0.6 is 0 Å². The van der Waals surface area contributed by atoms with Crippen LogP contribution in [0.3, 0.4) is 0 Å². The molecular weight excluding hydrogens is 108 g/mol. The van der Waals surface area contributed by atoms with Gasteiger partial charge in [0, 0.05) is 0 Å². The Morgan fingerprint density at radius 1 is 1.62 bits per heavy atom. The van der Waals surface area contributed by atoms with Crippen LogP contribution in [0.5, 0.6) is 0 Å². The molecule has 0 atom stereocenters. The maximum absolute atomic E-state index is 9.77. The Balaban J connectivity index is 3.56. The minimum atomic E-state index is -1.01. The van der Waals surface area contributed by atoms with Crippen molar-refractivity contribution in [2.75, 3.05) is 0 Å². The largest absolute Gasteiger partial charge is 0.512 e. The van der Waals surface area contributed by atoms with Crippen molar-refractivity contribution in [1.82, 2.24) is 0 Å². The highest BCUT2D eigenvalue weighted by Crippen LogP contribution is 1.92. The Labute approximate surface area is 47.3 Å². The molecule has 0 amide bonds. The van der Waals surface area contributed by atoms with E-state index in [1.165, 1.54) is 6.08 Å². The smallest absolute Gasteiger partial charge is 0.310 e. The second-order valence-electron chi connectivity index (χ2n) is 1.35. The molecule has 0 bridgehead atoms. The van der Waals surface area contributed by atoms with Gasteiger partial charge < -0.3 is 10.2 Å². The van der Waals surface area contributed by atoms with Gasteiger partial charge in [-0.1, -0.05) is 0 Å². The average Bonchev–Trinajstić information content (AvgIpc) is 1.65. The lowest BCUT2D eigenvalue weighted by atomic mass is 10.3. The van der Waals surface area contributed by atoms with Crippen molar-refractivity contribution in [3.63, 3.8) is 0 Å². The van der Waals surface area contributed by atoms with Gasteiger partial charge in [0.2, 0.25) is 0 Å². The number of carboxylic acid groups (broad SMARTS) is 1. The van der Waals surface area contributed by atoms with Crippen LogP contribution < -0.4 is 0 Å². The van der Waals surface area contributed by atoms with E-state index < -0.39 is 5.97 Å². The number of aliphatic hydroxyl groups is 1. The summed E-state index contributed by atoms with van der Waals surface area (Å²) in [6.45, 7) is 1.58. The van der Waals surface area contributed by atoms with Gasteiger partial charge in [-0.25, -0.2) is 0 Å². The van der Waals surface area contributed by atoms with Gasteiger partial charge >= 0.3 is 5.97 Å². The SMILES string of the molecule is CC=C(O)CC(=O)O. The molecule has 0 aliphatic carbocycles. The first-order valence-corrected chi connectivity index (χ1v) is 2.22. The van der Waals surface area contributed by atoms with Crippen molar-refractivity contribution in [3.05, 3.63) is 11.8 Å². The molecule has 0 radical (unpaired) electrons. The van der Waals surface area contributed by atoms with E-state index in [-0.39, 0.29) is 12.2 Å². The van der Waals surface area contributed by atoms with Crippen molar-refractivity contribution < 1.29 is 15.0 Å². The minimum Gasteiger partial charge on any atom is -0.512 e. The van der Waals surface area contributed by atoms with Crippen LogP contribution in [0.25, 0.3) is 0 Å². The quantitative estimate of drug-likeness (QED) is 0.527. The number of carboxylic acids is 1. The molecule has 3 heteroatoms. The first kappa shape index (κ1) is 7.01. The van der Waals surface area contributed by atoms with Gasteiger partial charge in [-0.15, -0.1) is 0 Å². The summed E-state index contributed by atoms with van der Waals surface area (Å²) in [6.07, 6.45) is 1.07. The van der Waals surface area contributed by atoms with Crippen LogP contribution in [-0.2, 0) is 4.79 Å². The van der Waals surface area contributed by atoms with Gasteiger partial charge in [0.25, 0.3) is 0 Å². The molecule has 0 aromatic rings. The van der Waals surface area contributed by atoms with E-state index in [1.54, 1.807) is 6.92 Å². The van der Waals surface area contributed by atoms with Crippen LogP contribution in [0.15, 0.2) is 11.8 Å². The molecule has 0 aromatic heterocycles. The zero-order chi connectivity index (χ0) is 6.57. The fraction of sp³-hybridized carbons (Fsp3) is 0.400. The Morgan fingerprint density at radius 3 is 2.25 bits per heavy atom. The summed E-state index contributed by atoms with van der Waals surface area (Å²) in [4.78, 5) is 9.77. The summed E-state index contributed by atoms with van der Waals surface area (Å²) in [7, 11) is 0. The highest BCUT2D eigenvalue weighted by atomic mass is 16.4. The molecule has 8 heavy (non-hydrogen) atoms. The zero-order valence-electron chi connectivity index (χ0n) is 4.59. The predicted octanol–water partition coefficient (Wildman–Crippen LogP) is 0.923. The molecule has 0 spiro atoms. The van der Waals surface area contributed by atoms with Crippen molar-refractivity contribution in [1.29, 1.82) is 0 Å². The molecule has 0 aliphatic heterocycles. The zero-order valence-corrected chi connectivity index (χ0v) is 4.59. The number of hydrogen-bond acceptors (Lipinski definition) is 2. The van der Waals surface area contributed by atoms with Crippen molar-refractivity contribution in [2.24, 2.45) is 0 Å². The van der Waals surface area contributed by atoms with Gasteiger partial charge in [0.15, 0.2) is 0 Å². The first-order valence-electron chi connectivity index (χ1n) is 2.22. The molecule has 2 N–H and O–H groups in total. The molecule has 0 heterocycles. The van der Waals surface area contributed by atoms with E-state index in [2.05, 4.69) is 0 Å². The maximum Gasteiger partial charge on any atom is 0.310 e. The predicted molar refractivity (Wildman–Crippen MR) is 28.6 cm³/mol. The lowest BCUT2D eigenvalue weighted by molar-refractivity contribution is -0.136. The van der Waals surface area contributed by atoms with Crippen LogP contribution in [0.4, 0.5) is 0 Å². The van der Waals surface area contributed by atoms with E-state index in [0.717, 1.165) is 0 Å². The Hall–Kier alpha value is -0.990. The highest BCUT2D eigenvalue weighted by Gasteiger charge is 1.97. The third-order valence-electron chi connectivity index (χ3n) is 0.666. The van der Waals surface area contributed by atoms with Crippen molar-refractivity contribution >= 4 is 5.97 Å². The monoisotopic (exact) mass is 116 g/mol. The summed E-state index contributed by atoms with van der Waals surface area (Å²) >= 11 is 0. The third-order valence-corrected chi connectivity index (χ3v) is 0.666. The van der Waals surface area contributed by atoms with Crippen LogP contribution in [0, 0.1) is 0 Å². The summed E-state index contributed by atoms with van der Waals surface area (Å²) in [6, 6.07) is 0. The van der Waals surface area contributed by atoms with Crippen molar-refractivity contribution in [2.45, 2.75) is 13.3 Å². The minimum absolute atomic E-state index is 0.0995. The van der Waals surface area contributed by atoms with E-state index >= 15 is 0 Å². The molecule has 0 aromatic carbocycles. The molecule has 0 fully saturated rings. The fourth-order valence-electron chi connectivity index (χ4n) is 0.257. The fourth-order valence-corrected chi connectivity index (χ4v) is 0.257. The third kappa shape index (κ3) is 3.21. The Morgan fingerprint density at radius 2 is 2.12 bits per heavy atom. The van der Waals surface area contributed by atoms with Gasteiger partial charge in [-0.2, -0.15) is 0 Å². The summed E-state index contributed by atoms with van der Waals surface area (Å²) in [5.74, 6) is -1.11. The number of carbonyl (C=O) groups is 1. The first-order chi connectivity index (χ1) is 3.66. The van der Waals surface area contributed by atoms with Crippen LogP contribution in [0.2, 0.25) is 0 Å². The number of aliphatic hydroxyl groups excluding tert-OH is 1. The summed E-state index contributed by atoms with van der Waals surface area (Å²) < 4.78 is 0. The molecule has 0 rings (SSSR count). The average molecular weight is 116 g/mol. The second-order valence-corrected chi connectivity index (χ2v) is 1.35. The summed E-state index contributed by atoms with van der Waals surface area (Å²) in [5.41, 5.74) is 0. The van der Waals surface area contributed by atoms with Crippen LogP contribution in [0.1, 0.15) is 13.3 Å². The Kier molecular flexibility index (Phi) is 2.69. The number of aliphatic carboxylic acids is 1. The van der Waals surface area contributed by atoms with Crippen LogP contribution in [-0.4, -0.2) is 16.2 Å². The maximum atomic E-state index is 9.77. The topological polar surface area (TPSA) is 57.5 Å². The van der Waals surface area contributed by atoms with Gasteiger partial charge in [-0.3, -0.25) is 4.79 Å². The number of hydrogen-bond donors (Lipinski definition) is 2. The van der Waals surface area contributed by atoms with Gasteiger partial charge in [-0.05, 0) is 13.0 Å². The van der Waals surface area contributed by atoms with E-state index in [0.29, 0.717) is 0 Å². The van der Waals surface area contributed by atoms with E-state index in [9.17, 15) is 4.79 Å².